The van der Waals surface area contributed by atoms with Crippen molar-refractivity contribution in [1.82, 2.24) is 0 Å². The third kappa shape index (κ3) is 3.45. The summed E-state index contributed by atoms with van der Waals surface area (Å²) in [6.45, 7) is 3.78. The monoisotopic (exact) mass is 269 g/mol. The molecule has 3 heteroatoms. The molecule has 3 nitrogen and oxygen atoms in total. The standard InChI is InChI=1S/C17H19NO2/c1-3-13-7-9-14(10-8-13)17(20)18-16-6-4-5-15(11-16)12(2)19/h4-12,19H,3H2,1-2H3,(H,18,20)/t12-/m0/s1. The van der Waals surface area contributed by atoms with Gasteiger partial charge in [0.1, 0.15) is 0 Å². The lowest BCUT2D eigenvalue weighted by Gasteiger charge is -2.09. The van der Waals surface area contributed by atoms with Crippen molar-refractivity contribution in [2.45, 2.75) is 26.4 Å². The van der Waals surface area contributed by atoms with Gasteiger partial charge in [0.05, 0.1) is 6.10 Å². The summed E-state index contributed by atoms with van der Waals surface area (Å²) in [4.78, 5) is 12.1. The average molecular weight is 269 g/mol. The van der Waals surface area contributed by atoms with Crippen molar-refractivity contribution in [2.24, 2.45) is 0 Å². The third-order valence-electron chi connectivity index (χ3n) is 3.25. The maximum absolute atomic E-state index is 12.1. The minimum atomic E-state index is -0.546. The van der Waals surface area contributed by atoms with E-state index >= 15 is 0 Å². The molecule has 0 aliphatic heterocycles. The molecule has 1 amide bonds. The van der Waals surface area contributed by atoms with Crippen molar-refractivity contribution in [1.29, 1.82) is 0 Å². The van der Waals surface area contributed by atoms with Crippen LogP contribution in [0, 0.1) is 0 Å². The van der Waals surface area contributed by atoms with Gasteiger partial charge >= 0.3 is 0 Å². The second kappa shape index (κ2) is 6.35. The Bertz CT molecular complexity index is 588. The SMILES string of the molecule is CCc1ccc(C(=O)Nc2cccc([C@H](C)O)c2)cc1. The minimum Gasteiger partial charge on any atom is -0.389 e. The first kappa shape index (κ1) is 14.3. The lowest BCUT2D eigenvalue weighted by atomic mass is 10.1. The molecular weight excluding hydrogens is 250 g/mol. The van der Waals surface area contributed by atoms with E-state index in [0.29, 0.717) is 11.3 Å². The molecule has 0 aliphatic carbocycles. The molecule has 0 aromatic heterocycles. The first-order valence-corrected chi connectivity index (χ1v) is 6.78. The topological polar surface area (TPSA) is 49.3 Å². The van der Waals surface area contributed by atoms with Gasteiger partial charge in [0.25, 0.3) is 5.91 Å². The molecule has 2 N–H and O–H groups in total. The molecule has 2 rings (SSSR count). The van der Waals surface area contributed by atoms with Crippen LogP contribution in [0.4, 0.5) is 5.69 Å². The van der Waals surface area contributed by atoms with Crippen molar-refractivity contribution in [3.05, 3.63) is 65.2 Å². The smallest absolute Gasteiger partial charge is 0.255 e. The van der Waals surface area contributed by atoms with E-state index in [9.17, 15) is 9.90 Å². The number of carbonyl (C=O) groups is 1. The quantitative estimate of drug-likeness (QED) is 0.891. The molecule has 2 aromatic rings. The Hall–Kier alpha value is -2.13. The van der Waals surface area contributed by atoms with Gasteiger partial charge in [-0.05, 0) is 48.7 Å². The largest absolute Gasteiger partial charge is 0.389 e. The number of rotatable bonds is 4. The van der Waals surface area contributed by atoms with Gasteiger partial charge < -0.3 is 10.4 Å². The molecule has 0 radical (unpaired) electrons. The Balaban J connectivity index is 2.12. The van der Waals surface area contributed by atoms with Crippen LogP contribution in [0.3, 0.4) is 0 Å². The summed E-state index contributed by atoms with van der Waals surface area (Å²) in [6, 6.07) is 14.8. The molecule has 0 aliphatic rings. The van der Waals surface area contributed by atoms with Crippen molar-refractivity contribution >= 4 is 11.6 Å². The molecular formula is C17H19NO2. The summed E-state index contributed by atoms with van der Waals surface area (Å²) < 4.78 is 0. The van der Waals surface area contributed by atoms with Crippen LogP contribution in [0.5, 0.6) is 0 Å². The molecule has 0 heterocycles. The highest BCUT2D eigenvalue weighted by atomic mass is 16.3. The molecule has 0 saturated heterocycles. The maximum Gasteiger partial charge on any atom is 0.255 e. The number of hydrogen-bond donors (Lipinski definition) is 2. The summed E-state index contributed by atoms with van der Waals surface area (Å²) >= 11 is 0. The molecule has 0 unspecified atom stereocenters. The first-order valence-electron chi connectivity index (χ1n) is 6.78. The molecule has 0 spiro atoms. The van der Waals surface area contributed by atoms with E-state index in [4.69, 9.17) is 0 Å². The van der Waals surface area contributed by atoms with E-state index in [1.165, 1.54) is 5.56 Å². The van der Waals surface area contributed by atoms with Crippen LogP contribution in [0.25, 0.3) is 0 Å². The number of anilines is 1. The predicted molar refractivity (Wildman–Crippen MR) is 80.8 cm³/mol. The van der Waals surface area contributed by atoms with E-state index in [-0.39, 0.29) is 5.91 Å². The zero-order valence-electron chi connectivity index (χ0n) is 11.8. The predicted octanol–water partition coefficient (Wildman–Crippen LogP) is 3.55. The maximum atomic E-state index is 12.1. The van der Waals surface area contributed by atoms with Crippen LogP contribution in [0.15, 0.2) is 48.5 Å². The number of nitrogens with one attached hydrogen (secondary N) is 1. The average Bonchev–Trinajstić information content (AvgIpc) is 2.47. The second-order valence-electron chi connectivity index (χ2n) is 4.81. The molecule has 0 bridgehead atoms. The molecule has 2 aromatic carbocycles. The van der Waals surface area contributed by atoms with Crippen LogP contribution < -0.4 is 5.32 Å². The highest BCUT2D eigenvalue weighted by Gasteiger charge is 2.07. The van der Waals surface area contributed by atoms with Gasteiger partial charge in [-0.25, -0.2) is 0 Å². The number of benzene rings is 2. The van der Waals surface area contributed by atoms with Gasteiger partial charge in [0.2, 0.25) is 0 Å². The van der Waals surface area contributed by atoms with Gasteiger partial charge in [-0.15, -0.1) is 0 Å². The summed E-state index contributed by atoms with van der Waals surface area (Å²) in [6.07, 6.45) is 0.411. The fraction of sp³-hybridized carbons (Fsp3) is 0.235. The van der Waals surface area contributed by atoms with Crippen molar-refractivity contribution in [3.63, 3.8) is 0 Å². The van der Waals surface area contributed by atoms with Crippen molar-refractivity contribution in [2.75, 3.05) is 5.32 Å². The number of amides is 1. The summed E-state index contributed by atoms with van der Waals surface area (Å²) in [5.74, 6) is -0.143. The fourth-order valence-electron chi connectivity index (χ4n) is 1.97. The van der Waals surface area contributed by atoms with E-state index in [1.807, 2.05) is 42.5 Å². The van der Waals surface area contributed by atoms with Gasteiger partial charge in [-0.2, -0.15) is 0 Å². The molecule has 0 saturated carbocycles. The van der Waals surface area contributed by atoms with E-state index in [1.54, 1.807) is 13.0 Å². The van der Waals surface area contributed by atoms with Gasteiger partial charge in [-0.3, -0.25) is 4.79 Å². The lowest BCUT2D eigenvalue weighted by Crippen LogP contribution is -2.12. The molecule has 1 atom stereocenters. The molecule has 20 heavy (non-hydrogen) atoms. The lowest BCUT2D eigenvalue weighted by molar-refractivity contribution is 0.102. The fourth-order valence-corrected chi connectivity index (χ4v) is 1.97. The number of aliphatic hydroxyl groups excluding tert-OH is 1. The summed E-state index contributed by atoms with van der Waals surface area (Å²) in [7, 11) is 0. The summed E-state index contributed by atoms with van der Waals surface area (Å²) in [5.41, 5.74) is 3.31. The zero-order chi connectivity index (χ0) is 14.5. The van der Waals surface area contributed by atoms with Crippen molar-refractivity contribution < 1.29 is 9.90 Å². The van der Waals surface area contributed by atoms with Gasteiger partial charge in [0.15, 0.2) is 0 Å². The van der Waals surface area contributed by atoms with Crippen molar-refractivity contribution in [3.8, 4) is 0 Å². The third-order valence-corrected chi connectivity index (χ3v) is 3.25. The second-order valence-corrected chi connectivity index (χ2v) is 4.81. The summed E-state index contributed by atoms with van der Waals surface area (Å²) in [5, 5.41) is 12.4. The van der Waals surface area contributed by atoms with E-state index in [2.05, 4.69) is 12.2 Å². The number of hydrogen-bond acceptors (Lipinski definition) is 2. The number of aliphatic hydroxyl groups is 1. The van der Waals surface area contributed by atoms with E-state index < -0.39 is 6.10 Å². The Morgan fingerprint density at radius 3 is 2.50 bits per heavy atom. The highest BCUT2D eigenvalue weighted by Crippen LogP contribution is 2.17. The normalized spacial score (nSPS) is 11.9. The minimum absolute atomic E-state index is 0.143. The Labute approximate surface area is 119 Å². The Kier molecular flexibility index (Phi) is 4.53. The van der Waals surface area contributed by atoms with Crippen LogP contribution in [-0.4, -0.2) is 11.0 Å². The van der Waals surface area contributed by atoms with Crippen LogP contribution in [-0.2, 0) is 6.42 Å². The number of aryl methyl sites for hydroxylation is 1. The van der Waals surface area contributed by atoms with Crippen LogP contribution >= 0.6 is 0 Å². The van der Waals surface area contributed by atoms with Gasteiger partial charge in [0, 0.05) is 11.3 Å². The van der Waals surface area contributed by atoms with Gasteiger partial charge in [-0.1, -0.05) is 31.2 Å². The Morgan fingerprint density at radius 1 is 1.20 bits per heavy atom. The molecule has 104 valence electrons. The highest BCUT2D eigenvalue weighted by molar-refractivity contribution is 6.04. The number of carbonyl (C=O) groups excluding carboxylic acids is 1. The Morgan fingerprint density at radius 2 is 1.90 bits per heavy atom. The van der Waals surface area contributed by atoms with Crippen LogP contribution in [0.1, 0.15) is 41.4 Å². The van der Waals surface area contributed by atoms with Crippen LogP contribution in [0.2, 0.25) is 0 Å². The first-order chi connectivity index (χ1) is 9.60. The van der Waals surface area contributed by atoms with E-state index in [0.717, 1.165) is 12.0 Å². The molecule has 0 fully saturated rings. The zero-order valence-corrected chi connectivity index (χ0v) is 11.8.